The van der Waals surface area contributed by atoms with Crippen LogP contribution in [0.15, 0.2) is 12.2 Å². The van der Waals surface area contributed by atoms with Crippen LogP contribution in [0.3, 0.4) is 0 Å². The zero-order valence-electron chi connectivity index (χ0n) is 7.13. The molecule has 0 heterocycles. The van der Waals surface area contributed by atoms with Crippen LogP contribution in [0.2, 0.25) is 0 Å². The molecular weight excluding hydrogens is 136 g/mol. The standard InChI is InChI=1S/C10H18O/c11-9-5-4-8-10-6-2-1-3-7-10/h4,8,10-11H,1-3,5-7,9H2/b8-4-. The topological polar surface area (TPSA) is 20.2 Å². The maximum Gasteiger partial charge on any atom is 0.0465 e. The van der Waals surface area contributed by atoms with E-state index in [0.717, 1.165) is 12.3 Å². The number of hydrogen-bond donors (Lipinski definition) is 1. The van der Waals surface area contributed by atoms with Crippen molar-refractivity contribution in [2.75, 3.05) is 6.61 Å². The quantitative estimate of drug-likeness (QED) is 0.619. The molecule has 1 rings (SSSR count). The first-order chi connectivity index (χ1) is 5.43. The average molecular weight is 154 g/mol. The lowest BCUT2D eigenvalue weighted by Crippen LogP contribution is -2.02. The van der Waals surface area contributed by atoms with Gasteiger partial charge in [0.25, 0.3) is 0 Å². The molecule has 1 aliphatic carbocycles. The number of rotatable bonds is 3. The lowest BCUT2D eigenvalue weighted by Gasteiger charge is -2.17. The Morgan fingerprint density at radius 2 is 1.91 bits per heavy atom. The van der Waals surface area contributed by atoms with E-state index in [0.29, 0.717) is 6.61 Å². The maximum absolute atomic E-state index is 8.54. The molecule has 64 valence electrons. The van der Waals surface area contributed by atoms with Crippen molar-refractivity contribution < 1.29 is 5.11 Å². The van der Waals surface area contributed by atoms with E-state index in [-0.39, 0.29) is 0 Å². The molecule has 0 saturated heterocycles. The van der Waals surface area contributed by atoms with Gasteiger partial charge in [0.05, 0.1) is 0 Å². The summed E-state index contributed by atoms with van der Waals surface area (Å²) in [6.45, 7) is 0.295. The Morgan fingerprint density at radius 1 is 1.18 bits per heavy atom. The maximum atomic E-state index is 8.54. The second kappa shape index (κ2) is 5.36. The highest BCUT2D eigenvalue weighted by Crippen LogP contribution is 2.24. The first-order valence-corrected chi connectivity index (χ1v) is 4.71. The van der Waals surface area contributed by atoms with Crippen molar-refractivity contribution in [3.63, 3.8) is 0 Å². The lowest BCUT2D eigenvalue weighted by molar-refractivity contribution is 0.302. The van der Waals surface area contributed by atoms with Gasteiger partial charge in [0, 0.05) is 6.61 Å². The van der Waals surface area contributed by atoms with Gasteiger partial charge in [0.2, 0.25) is 0 Å². The molecule has 1 heteroatoms. The Bertz CT molecular complexity index is 112. The average Bonchev–Trinajstić information content (AvgIpc) is 2.07. The van der Waals surface area contributed by atoms with Gasteiger partial charge in [0.15, 0.2) is 0 Å². The summed E-state index contributed by atoms with van der Waals surface area (Å²) < 4.78 is 0. The molecular formula is C10H18O. The van der Waals surface area contributed by atoms with Crippen LogP contribution in [0.5, 0.6) is 0 Å². The number of aliphatic hydroxyl groups is 1. The number of allylic oxidation sites excluding steroid dienone is 1. The van der Waals surface area contributed by atoms with E-state index in [2.05, 4.69) is 12.2 Å². The molecule has 0 amide bonds. The van der Waals surface area contributed by atoms with E-state index in [1.807, 2.05) is 0 Å². The summed E-state index contributed by atoms with van der Waals surface area (Å²) in [4.78, 5) is 0. The van der Waals surface area contributed by atoms with Gasteiger partial charge in [-0.2, -0.15) is 0 Å². The molecule has 1 N–H and O–H groups in total. The minimum atomic E-state index is 0.295. The van der Waals surface area contributed by atoms with E-state index >= 15 is 0 Å². The molecule has 11 heavy (non-hydrogen) atoms. The summed E-state index contributed by atoms with van der Waals surface area (Å²) >= 11 is 0. The highest BCUT2D eigenvalue weighted by molar-refractivity contribution is 4.89. The molecule has 1 fully saturated rings. The molecule has 1 nitrogen and oxygen atoms in total. The summed E-state index contributed by atoms with van der Waals surface area (Å²) in [5.41, 5.74) is 0. The fraction of sp³-hybridized carbons (Fsp3) is 0.800. The van der Waals surface area contributed by atoms with E-state index < -0.39 is 0 Å². The zero-order valence-corrected chi connectivity index (χ0v) is 7.13. The fourth-order valence-corrected chi connectivity index (χ4v) is 1.69. The summed E-state index contributed by atoms with van der Waals surface area (Å²) in [5, 5.41) is 8.54. The molecule has 0 aliphatic heterocycles. The third kappa shape index (κ3) is 3.57. The van der Waals surface area contributed by atoms with Gasteiger partial charge in [-0.1, -0.05) is 31.4 Å². The van der Waals surface area contributed by atoms with Crippen LogP contribution >= 0.6 is 0 Å². The third-order valence-corrected chi connectivity index (χ3v) is 2.35. The SMILES string of the molecule is OCC/C=C\C1CCCCC1. The van der Waals surface area contributed by atoms with Gasteiger partial charge in [-0.3, -0.25) is 0 Å². The van der Waals surface area contributed by atoms with Crippen molar-refractivity contribution in [1.29, 1.82) is 0 Å². The van der Waals surface area contributed by atoms with Crippen LogP contribution in [0.25, 0.3) is 0 Å². The van der Waals surface area contributed by atoms with Crippen molar-refractivity contribution >= 4 is 0 Å². The molecule has 1 saturated carbocycles. The van der Waals surface area contributed by atoms with Crippen LogP contribution < -0.4 is 0 Å². The Kier molecular flexibility index (Phi) is 4.29. The summed E-state index contributed by atoms with van der Waals surface area (Å²) in [5.74, 6) is 0.815. The van der Waals surface area contributed by atoms with E-state index in [9.17, 15) is 0 Å². The monoisotopic (exact) mass is 154 g/mol. The Labute approximate surface area is 69.1 Å². The van der Waals surface area contributed by atoms with Crippen LogP contribution in [0, 0.1) is 5.92 Å². The Hall–Kier alpha value is -0.300. The molecule has 0 bridgehead atoms. The molecule has 0 aromatic heterocycles. The molecule has 0 aromatic carbocycles. The minimum absolute atomic E-state index is 0.295. The van der Waals surface area contributed by atoms with Gasteiger partial charge < -0.3 is 5.11 Å². The predicted molar refractivity (Wildman–Crippen MR) is 47.4 cm³/mol. The highest BCUT2D eigenvalue weighted by atomic mass is 16.2. The smallest absolute Gasteiger partial charge is 0.0465 e. The predicted octanol–water partition coefficient (Wildman–Crippen LogP) is 2.51. The summed E-state index contributed by atoms with van der Waals surface area (Å²) in [6, 6.07) is 0. The first-order valence-electron chi connectivity index (χ1n) is 4.71. The van der Waals surface area contributed by atoms with Gasteiger partial charge in [-0.05, 0) is 25.2 Å². The molecule has 0 unspecified atom stereocenters. The van der Waals surface area contributed by atoms with Crippen molar-refractivity contribution in [3.05, 3.63) is 12.2 Å². The highest BCUT2D eigenvalue weighted by Gasteiger charge is 2.08. The molecule has 1 aliphatic rings. The van der Waals surface area contributed by atoms with Crippen LogP contribution in [-0.2, 0) is 0 Å². The third-order valence-electron chi connectivity index (χ3n) is 2.35. The van der Waals surface area contributed by atoms with E-state index in [4.69, 9.17) is 5.11 Å². The minimum Gasteiger partial charge on any atom is -0.396 e. The van der Waals surface area contributed by atoms with Crippen molar-refractivity contribution in [1.82, 2.24) is 0 Å². The normalized spacial score (nSPS) is 21.2. The van der Waals surface area contributed by atoms with Crippen LogP contribution in [-0.4, -0.2) is 11.7 Å². The van der Waals surface area contributed by atoms with Gasteiger partial charge >= 0.3 is 0 Å². The second-order valence-corrected chi connectivity index (χ2v) is 3.34. The number of hydrogen-bond acceptors (Lipinski definition) is 1. The van der Waals surface area contributed by atoms with Crippen LogP contribution in [0.4, 0.5) is 0 Å². The Balaban J connectivity index is 2.13. The van der Waals surface area contributed by atoms with E-state index in [1.54, 1.807) is 0 Å². The molecule has 0 atom stereocenters. The van der Waals surface area contributed by atoms with E-state index in [1.165, 1.54) is 32.1 Å². The van der Waals surface area contributed by atoms with Crippen molar-refractivity contribution in [2.45, 2.75) is 38.5 Å². The van der Waals surface area contributed by atoms with Gasteiger partial charge in [-0.25, -0.2) is 0 Å². The van der Waals surface area contributed by atoms with Crippen molar-refractivity contribution in [2.24, 2.45) is 5.92 Å². The molecule has 0 spiro atoms. The first kappa shape index (κ1) is 8.79. The molecule has 0 radical (unpaired) electrons. The van der Waals surface area contributed by atoms with Gasteiger partial charge in [0.1, 0.15) is 0 Å². The summed E-state index contributed by atoms with van der Waals surface area (Å²) in [6.07, 6.45) is 12.2. The van der Waals surface area contributed by atoms with Crippen molar-refractivity contribution in [3.8, 4) is 0 Å². The van der Waals surface area contributed by atoms with Crippen LogP contribution in [0.1, 0.15) is 38.5 Å². The second-order valence-electron chi connectivity index (χ2n) is 3.34. The number of aliphatic hydroxyl groups excluding tert-OH is 1. The van der Waals surface area contributed by atoms with Gasteiger partial charge in [-0.15, -0.1) is 0 Å². The fourth-order valence-electron chi connectivity index (χ4n) is 1.69. The molecule has 0 aromatic rings. The Morgan fingerprint density at radius 3 is 2.55 bits per heavy atom. The largest absolute Gasteiger partial charge is 0.396 e. The summed E-state index contributed by atoms with van der Waals surface area (Å²) in [7, 11) is 0. The lowest BCUT2D eigenvalue weighted by atomic mass is 9.89. The zero-order chi connectivity index (χ0) is 7.94.